The van der Waals surface area contributed by atoms with Gasteiger partial charge in [-0.1, -0.05) is 13.0 Å². The third-order valence-electron chi connectivity index (χ3n) is 3.13. The third-order valence-corrected chi connectivity index (χ3v) is 3.13. The zero-order valence-electron chi connectivity index (χ0n) is 13.2. The number of rotatable bonds is 9. The summed E-state index contributed by atoms with van der Waals surface area (Å²) in [7, 11) is 4.06. The van der Waals surface area contributed by atoms with Crippen LogP contribution in [0, 0.1) is 0 Å². The monoisotopic (exact) mass is 280 g/mol. The maximum Gasteiger partial charge on any atom is 0.161 e. The summed E-state index contributed by atoms with van der Waals surface area (Å²) in [5.74, 6) is 1.62. The van der Waals surface area contributed by atoms with Crippen molar-refractivity contribution < 1.29 is 9.47 Å². The molecule has 2 N–H and O–H groups in total. The molecule has 0 aliphatic rings. The average Bonchev–Trinajstić information content (AvgIpc) is 2.41. The highest BCUT2D eigenvalue weighted by atomic mass is 16.5. The third kappa shape index (κ3) is 5.80. The molecular formula is C16H28N2O2. The molecule has 114 valence electrons. The summed E-state index contributed by atoms with van der Waals surface area (Å²) in [6.45, 7) is 6.25. The fraction of sp³-hybridized carbons (Fsp3) is 0.625. The molecule has 1 unspecified atom stereocenters. The molecule has 0 radical (unpaired) electrons. The van der Waals surface area contributed by atoms with Crippen molar-refractivity contribution in [1.82, 2.24) is 4.90 Å². The van der Waals surface area contributed by atoms with Gasteiger partial charge in [-0.2, -0.15) is 0 Å². The number of nitrogens with two attached hydrogens (primary N) is 1. The number of hydrogen-bond acceptors (Lipinski definition) is 4. The average molecular weight is 280 g/mol. The molecule has 1 aromatic carbocycles. The van der Waals surface area contributed by atoms with Gasteiger partial charge in [-0.3, -0.25) is 0 Å². The van der Waals surface area contributed by atoms with E-state index in [4.69, 9.17) is 15.2 Å². The fourth-order valence-corrected chi connectivity index (χ4v) is 1.85. The van der Waals surface area contributed by atoms with Crippen LogP contribution in [0.4, 0.5) is 0 Å². The van der Waals surface area contributed by atoms with Gasteiger partial charge in [0.05, 0.1) is 6.61 Å². The lowest BCUT2D eigenvalue weighted by Crippen LogP contribution is -2.21. The van der Waals surface area contributed by atoms with Crippen LogP contribution < -0.4 is 15.2 Å². The standard InChI is InChI=1S/C16H28N2O2/c1-5-14(17)11-13-7-8-15(16(12-13)19-6-2)20-10-9-18(3)4/h7-8,12,14H,5-6,9-11,17H2,1-4H3. The van der Waals surface area contributed by atoms with E-state index in [1.54, 1.807) is 0 Å². The molecule has 0 saturated heterocycles. The second-order valence-electron chi connectivity index (χ2n) is 5.24. The minimum Gasteiger partial charge on any atom is -0.490 e. The van der Waals surface area contributed by atoms with Crippen molar-refractivity contribution in [2.75, 3.05) is 33.9 Å². The molecular weight excluding hydrogens is 252 g/mol. The molecule has 4 heteroatoms. The van der Waals surface area contributed by atoms with Crippen LogP contribution in [0.5, 0.6) is 11.5 Å². The summed E-state index contributed by atoms with van der Waals surface area (Å²) in [5.41, 5.74) is 7.20. The Balaban J connectivity index is 2.73. The van der Waals surface area contributed by atoms with E-state index in [1.165, 1.54) is 5.56 Å². The van der Waals surface area contributed by atoms with Gasteiger partial charge in [-0.15, -0.1) is 0 Å². The highest BCUT2D eigenvalue weighted by molar-refractivity contribution is 5.43. The van der Waals surface area contributed by atoms with Crippen molar-refractivity contribution >= 4 is 0 Å². The minimum atomic E-state index is 0.199. The molecule has 0 amide bonds. The molecule has 0 saturated carbocycles. The molecule has 0 aliphatic carbocycles. The van der Waals surface area contributed by atoms with Crippen LogP contribution in [-0.4, -0.2) is 44.8 Å². The first kappa shape index (κ1) is 16.8. The Hall–Kier alpha value is -1.26. The zero-order valence-corrected chi connectivity index (χ0v) is 13.2. The van der Waals surface area contributed by atoms with E-state index in [9.17, 15) is 0 Å². The van der Waals surface area contributed by atoms with Gasteiger partial charge < -0.3 is 20.1 Å². The van der Waals surface area contributed by atoms with E-state index in [2.05, 4.69) is 17.9 Å². The van der Waals surface area contributed by atoms with E-state index < -0.39 is 0 Å². The molecule has 0 aromatic heterocycles. The van der Waals surface area contributed by atoms with Gasteiger partial charge in [0.25, 0.3) is 0 Å². The molecule has 0 aliphatic heterocycles. The quantitative estimate of drug-likeness (QED) is 0.754. The Morgan fingerprint density at radius 3 is 2.50 bits per heavy atom. The summed E-state index contributed by atoms with van der Waals surface area (Å²) in [4.78, 5) is 2.09. The van der Waals surface area contributed by atoms with E-state index >= 15 is 0 Å². The van der Waals surface area contributed by atoms with Crippen LogP contribution in [0.15, 0.2) is 18.2 Å². The van der Waals surface area contributed by atoms with E-state index in [-0.39, 0.29) is 6.04 Å². The molecule has 4 nitrogen and oxygen atoms in total. The van der Waals surface area contributed by atoms with Gasteiger partial charge in [0.2, 0.25) is 0 Å². The Morgan fingerprint density at radius 2 is 1.90 bits per heavy atom. The zero-order chi connectivity index (χ0) is 15.0. The van der Waals surface area contributed by atoms with Crippen LogP contribution in [0.1, 0.15) is 25.8 Å². The summed E-state index contributed by atoms with van der Waals surface area (Å²) in [5, 5.41) is 0. The van der Waals surface area contributed by atoms with E-state index in [1.807, 2.05) is 33.2 Å². The van der Waals surface area contributed by atoms with Crippen molar-refractivity contribution in [2.45, 2.75) is 32.7 Å². The highest BCUT2D eigenvalue weighted by Crippen LogP contribution is 2.29. The maximum absolute atomic E-state index is 6.00. The Bertz CT molecular complexity index is 394. The summed E-state index contributed by atoms with van der Waals surface area (Å²) in [6.07, 6.45) is 1.85. The topological polar surface area (TPSA) is 47.7 Å². The molecule has 20 heavy (non-hydrogen) atoms. The van der Waals surface area contributed by atoms with Crippen LogP contribution in [0.25, 0.3) is 0 Å². The number of ether oxygens (including phenoxy) is 2. The molecule has 0 fully saturated rings. The lowest BCUT2D eigenvalue weighted by atomic mass is 10.0. The van der Waals surface area contributed by atoms with E-state index in [0.29, 0.717) is 13.2 Å². The highest BCUT2D eigenvalue weighted by Gasteiger charge is 2.09. The fourth-order valence-electron chi connectivity index (χ4n) is 1.85. The lowest BCUT2D eigenvalue weighted by Gasteiger charge is -2.16. The second kappa shape index (κ2) is 8.82. The van der Waals surface area contributed by atoms with Gasteiger partial charge in [-0.25, -0.2) is 0 Å². The van der Waals surface area contributed by atoms with E-state index in [0.717, 1.165) is 30.9 Å². The van der Waals surface area contributed by atoms with Crippen LogP contribution in [0.3, 0.4) is 0 Å². The number of hydrogen-bond donors (Lipinski definition) is 1. The summed E-state index contributed by atoms with van der Waals surface area (Å²) < 4.78 is 11.5. The van der Waals surface area contributed by atoms with Gasteiger partial charge in [-0.05, 0) is 51.6 Å². The van der Waals surface area contributed by atoms with Crippen LogP contribution in [0.2, 0.25) is 0 Å². The lowest BCUT2D eigenvalue weighted by molar-refractivity contribution is 0.244. The number of benzene rings is 1. The maximum atomic E-state index is 6.00. The van der Waals surface area contributed by atoms with Gasteiger partial charge in [0.15, 0.2) is 11.5 Å². The van der Waals surface area contributed by atoms with Crippen molar-refractivity contribution in [1.29, 1.82) is 0 Å². The van der Waals surface area contributed by atoms with Gasteiger partial charge >= 0.3 is 0 Å². The Morgan fingerprint density at radius 1 is 1.15 bits per heavy atom. The van der Waals surface area contributed by atoms with Crippen LogP contribution in [-0.2, 0) is 6.42 Å². The van der Waals surface area contributed by atoms with Crippen molar-refractivity contribution in [3.63, 3.8) is 0 Å². The Labute approximate surface area is 122 Å². The second-order valence-corrected chi connectivity index (χ2v) is 5.24. The smallest absolute Gasteiger partial charge is 0.161 e. The van der Waals surface area contributed by atoms with Gasteiger partial charge in [0, 0.05) is 12.6 Å². The molecule has 0 bridgehead atoms. The van der Waals surface area contributed by atoms with Crippen molar-refractivity contribution in [2.24, 2.45) is 5.73 Å². The number of nitrogens with zero attached hydrogens (tertiary/aromatic N) is 1. The molecule has 0 heterocycles. The first-order valence-corrected chi connectivity index (χ1v) is 7.35. The molecule has 1 aromatic rings. The molecule has 1 atom stereocenters. The largest absolute Gasteiger partial charge is 0.490 e. The van der Waals surface area contributed by atoms with Crippen molar-refractivity contribution in [3.05, 3.63) is 23.8 Å². The minimum absolute atomic E-state index is 0.199. The van der Waals surface area contributed by atoms with Crippen molar-refractivity contribution in [3.8, 4) is 11.5 Å². The summed E-state index contributed by atoms with van der Waals surface area (Å²) in [6, 6.07) is 6.30. The first-order chi connectivity index (χ1) is 9.56. The Kier molecular flexibility index (Phi) is 7.41. The SMILES string of the molecule is CCOc1cc(CC(N)CC)ccc1OCCN(C)C. The van der Waals surface area contributed by atoms with Gasteiger partial charge in [0.1, 0.15) is 6.61 Å². The van der Waals surface area contributed by atoms with Crippen LogP contribution >= 0.6 is 0 Å². The first-order valence-electron chi connectivity index (χ1n) is 7.35. The number of likely N-dealkylation sites (N-methyl/N-ethyl adjacent to an activating group) is 1. The normalized spacial score (nSPS) is 12.5. The predicted octanol–water partition coefficient (Wildman–Crippen LogP) is 2.31. The predicted molar refractivity (Wildman–Crippen MR) is 83.6 cm³/mol. The molecule has 1 rings (SSSR count). The summed E-state index contributed by atoms with van der Waals surface area (Å²) >= 11 is 0. The molecule has 0 spiro atoms.